The van der Waals surface area contributed by atoms with Gasteiger partial charge in [-0.1, -0.05) is 37.3 Å². The molecule has 0 aromatic heterocycles. The maximum absolute atomic E-state index is 9.39. The van der Waals surface area contributed by atoms with Crippen LogP contribution in [0.15, 0.2) is 59.5 Å². The van der Waals surface area contributed by atoms with E-state index in [0.717, 1.165) is 0 Å². The highest BCUT2D eigenvalue weighted by Crippen LogP contribution is 2.60. The zero-order chi connectivity index (χ0) is 13.2. The molecule has 0 aliphatic carbocycles. The van der Waals surface area contributed by atoms with Crippen LogP contribution in [0.1, 0.15) is 17.7 Å². The van der Waals surface area contributed by atoms with Gasteiger partial charge in [0.05, 0.1) is 0 Å². The van der Waals surface area contributed by atoms with Gasteiger partial charge in [-0.05, 0) is 47.2 Å². The van der Waals surface area contributed by atoms with E-state index in [-0.39, 0.29) is 0 Å². The summed E-state index contributed by atoms with van der Waals surface area (Å²) in [5.74, 6) is 0.335. The average Bonchev–Trinajstić information content (AvgIpc) is 2.39. The van der Waals surface area contributed by atoms with Crippen LogP contribution in [0.2, 0.25) is 0 Å². The molecular formula is C16H20OS. The number of phenols is 1. The second-order valence-corrected chi connectivity index (χ2v) is 8.94. The fourth-order valence-electron chi connectivity index (χ4n) is 2.07. The van der Waals surface area contributed by atoms with Crippen molar-refractivity contribution in [1.29, 1.82) is 0 Å². The Bertz CT molecular complexity index is 502. The molecule has 2 aromatic rings. The lowest BCUT2D eigenvalue weighted by molar-refractivity contribution is 0.475. The molecule has 1 nitrogen and oxygen atoms in total. The maximum atomic E-state index is 9.39. The zero-order valence-corrected chi connectivity index (χ0v) is 11.9. The van der Waals surface area contributed by atoms with Crippen molar-refractivity contribution in [3.05, 3.63) is 60.2 Å². The largest absolute Gasteiger partial charge is 0.508 e. The van der Waals surface area contributed by atoms with E-state index in [1.165, 1.54) is 10.5 Å². The van der Waals surface area contributed by atoms with Crippen molar-refractivity contribution in [2.24, 2.45) is 0 Å². The Labute approximate surface area is 111 Å². The highest BCUT2D eigenvalue weighted by molar-refractivity contribution is 8.32. The molecule has 0 fully saturated rings. The molecule has 0 aliphatic rings. The molecule has 0 amide bonds. The molecule has 0 heterocycles. The molecule has 0 aliphatic heterocycles. The molecule has 0 saturated heterocycles. The maximum Gasteiger partial charge on any atom is 0.115 e. The van der Waals surface area contributed by atoms with E-state index in [1.54, 1.807) is 12.1 Å². The van der Waals surface area contributed by atoms with Crippen molar-refractivity contribution in [3.8, 4) is 5.75 Å². The van der Waals surface area contributed by atoms with Crippen LogP contribution in [0.3, 0.4) is 0 Å². The van der Waals surface area contributed by atoms with Gasteiger partial charge in [0.1, 0.15) is 5.75 Å². The van der Waals surface area contributed by atoms with Gasteiger partial charge < -0.3 is 5.11 Å². The molecule has 0 saturated carbocycles. The highest BCUT2D eigenvalue weighted by Gasteiger charge is 2.23. The Morgan fingerprint density at radius 3 is 2.00 bits per heavy atom. The molecule has 0 bridgehead atoms. The monoisotopic (exact) mass is 260 g/mol. The normalized spacial score (nSPS) is 14.2. The minimum absolute atomic E-state index is 0.335. The van der Waals surface area contributed by atoms with Crippen LogP contribution in [0, 0.1) is 0 Å². The van der Waals surface area contributed by atoms with Crippen molar-refractivity contribution in [3.63, 3.8) is 0 Å². The van der Waals surface area contributed by atoms with Crippen molar-refractivity contribution >= 4 is 10.0 Å². The number of rotatable bonds is 3. The Hall–Kier alpha value is -1.41. The van der Waals surface area contributed by atoms with E-state index < -0.39 is 10.0 Å². The summed E-state index contributed by atoms with van der Waals surface area (Å²) in [6.45, 7) is 2.29. The van der Waals surface area contributed by atoms with Crippen LogP contribution in [0.5, 0.6) is 5.75 Å². The molecule has 2 rings (SSSR count). The summed E-state index contributed by atoms with van der Waals surface area (Å²) in [5.41, 5.74) is 1.38. The molecule has 2 heteroatoms. The predicted octanol–water partition coefficient (Wildman–Crippen LogP) is 4.58. The first kappa shape index (κ1) is 13.0. The van der Waals surface area contributed by atoms with Gasteiger partial charge >= 0.3 is 0 Å². The highest BCUT2D eigenvalue weighted by atomic mass is 32.3. The zero-order valence-electron chi connectivity index (χ0n) is 11.1. The van der Waals surface area contributed by atoms with Crippen LogP contribution in [-0.2, 0) is 0 Å². The molecule has 1 atom stereocenters. The van der Waals surface area contributed by atoms with Gasteiger partial charge in [-0.25, -0.2) is 10.0 Å². The summed E-state index contributed by atoms with van der Waals surface area (Å²) in [7, 11) is -0.920. The average molecular weight is 260 g/mol. The summed E-state index contributed by atoms with van der Waals surface area (Å²) >= 11 is 0. The van der Waals surface area contributed by atoms with Gasteiger partial charge in [0, 0.05) is 5.25 Å². The molecule has 1 N–H and O–H groups in total. The molecule has 1 unspecified atom stereocenters. The molecule has 96 valence electrons. The second kappa shape index (κ2) is 5.07. The summed E-state index contributed by atoms with van der Waals surface area (Å²) in [6, 6.07) is 18.3. The summed E-state index contributed by atoms with van der Waals surface area (Å²) in [4.78, 5) is 1.33. The third-order valence-electron chi connectivity index (χ3n) is 3.60. The fourth-order valence-corrected chi connectivity index (χ4v) is 4.15. The summed E-state index contributed by atoms with van der Waals surface area (Å²) in [6.07, 6.45) is 4.66. The van der Waals surface area contributed by atoms with E-state index in [1.807, 2.05) is 12.1 Å². The van der Waals surface area contributed by atoms with Crippen molar-refractivity contribution in [2.45, 2.75) is 17.1 Å². The molecular weight excluding hydrogens is 240 g/mol. The predicted molar refractivity (Wildman–Crippen MR) is 80.7 cm³/mol. The quantitative estimate of drug-likeness (QED) is 0.856. The lowest BCUT2D eigenvalue weighted by atomic mass is 10.2. The molecule has 0 spiro atoms. The third kappa shape index (κ3) is 2.54. The molecule has 0 radical (unpaired) electrons. The number of hydrogen-bond acceptors (Lipinski definition) is 1. The lowest BCUT2D eigenvalue weighted by Gasteiger charge is -2.38. The lowest BCUT2D eigenvalue weighted by Crippen LogP contribution is -2.06. The van der Waals surface area contributed by atoms with Crippen molar-refractivity contribution in [1.82, 2.24) is 0 Å². The third-order valence-corrected chi connectivity index (χ3v) is 7.12. The van der Waals surface area contributed by atoms with Crippen LogP contribution in [0.4, 0.5) is 0 Å². The van der Waals surface area contributed by atoms with Gasteiger partial charge in [0.25, 0.3) is 0 Å². The summed E-state index contributed by atoms with van der Waals surface area (Å²) in [5, 5.41) is 9.89. The number of hydrogen-bond donors (Lipinski definition) is 1. The van der Waals surface area contributed by atoms with Crippen LogP contribution in [0.25, 0.3) is 0 Å². The number of aromatic hydroxyl groups is 1. The van der Waals surface area contributed by atoms with Gasteiger partial charge in [0.15, 0.2) is 0 Å². The minimum atomic E-state index is -0.920. The topological polar surface area (TPSA) is 20.2 Å². The second-order valence-electron chi connectivity index (χ2n) is 4.95. The number of phenolic OH excluding ortho intramolecular Hbond substituents is 1. The van der Waals surface area contributed by atoms with E-state index >= 15 is 0 Å². The van der Waals surface area contributed by atoms with Crippen LogP contribution >= 0.6 is 10.0 Å². The van der Waals surface area contributed by atoms with Gasteiger partial charge in [0.2, 0.25) is 0 Å². The Morgan fingerprint density at radius 2 is 1.44 bits per heavy atom. The van der Waals surface area contributed by atoms with E-state index in [2.05, 4.69) is 49.8 Å². The summed E-state index contributed by atoms with van der Waals surface area (Å²) < 4.78 is 0. The van der Waals surface area contributed by atoms with Crippen molar-refractivity contribution in [2.75, 3.05) is 12.5 Å². The van der Waals surface area contributed by atoms with Crippen molar-refractivity contribution < 1.29 is 5.11 Å². The number of benzene rings is 2. The van der Waals surface area contributed by atoms with E-state index in [4.69, 9.17) is 0 Å². The SMILES string of the molecule is CC(c1ccccc1)S(C)(C)c1ccc(O)cc1. The first-order valence-corrected chi connectivity index (χ1v) is 8.59. The van der Waals surface area contributed by atoms with Crippen LogP contribution in [-0.4, -0.2) is 17.6 Å². The van der Waals surface area contributed by atoms with E-state index in [0.29, 0.717) is 11.0 Å². The Morgan fingerprint density at radius 1 is 0.889 bits per heavy atom. The molecule has 18 heavy (non-hydrogen) atoms. The Kier molecular flexibility index (Phi) is 3.67. The first-order chi connectivity index (χ1) is 8.51. The van der Waals surface area contributed by atoms with Gasteiger partial charge in [-0.2, -0.15) is 0 Å². The van der Waals surface area contributed by atoms with Crippen LogP contribution < -0.4 is 0 Å². The first-order valence-electron chi connectivity index (χ1n) is 6.08. The minimum Gasteiger partial charge on any atom is -0.508 e. The van der Waals surface area contributed by atoms with E-state index in [9.17, 15) is 5.11 Å². The fraction of sp³-hybridized carbons (Fsp3) is 0.250. The van der Waals surface area contributed by atoms with Gasteiger partial charge in [-0.15, -0.1) is 0 Å². The molecule has 2 aromatic carbocycles. The van der Waals surface area contributed by atoms with Gasteiger partial charge in [-0.3, -0.25) is 0 Å². The Balaban J connectivity index is 2.33. The smallest absolute Gasteiger partial charge is 0.115 e. The standard InChI is InChI=1S/C16H20OS/c1-13(14-7-5-4-6-8-14)18(2,3)16-11-9-15(17)10-12-16/h4-13,17H,1-3H3.